The van der Waals surface area contributed by atoms with Gasteiger partial charge in [0.25, 0.3) is 0 Å². The number of rotatable bonds is 4. The average molecular weight is 264 g/mol. The molecule has 2 aliphatic rings. The number of hydrogen-bond acceptors (Lipinski definition) is 5. The molecule has 4 N–H and O–H groups in total. The molecule has 0 bridgehead atoms. The first-order chi connectivity index (χ1) is 7.91. The zero-order valence-corrected chi connectivity index (χ0v) is 10.0. The summed E-state index contributed by atoms with van der Waals surface area (Å²) < 4.78 is 30.7. The van der Waals surface area contributed by atoms with Crippen molar-refractivity contribution in [2.24, 2.45) is 11.7 Å². The van der Waals surface area contributed by atoms with E-state index in [2.05, 4.69) is 4.72 Å². The summed E-state index contributed by atoms with van der Waals surface area (Å²) in [5, 5.41) is 8.47. The summed E-state index contributed by atoms with van der Waals surface area (Å²) in [4.78, 5) is 10.4. The van der Waals surface area contributed by atoms with Gasteiger partial charge in [-0.3, -0.25) is 4.79 Å². The highest BCUT2D eigenvalue weighted by molar-refractivity contribution is 7.90. The predicted octanol–water partition coefficient (Wildman–Crippen LogP) is -1.50. The van der Waals surface area contributed by atoms with E-state index in [1.165, 1.54) is 0 Å². The molecular formula is C9H16N2O5S. The fraction of sp³-hybridized carbons (Fsp3) is 0.889. The Balaban J connectivity index is 1.98. The van der Waals surface area contributed by atoms with Crippen LogP contribution in [0.3, 0.4) is 0 Å². The lowest BCUT2D eigenvalue weighted by molar-refractivity contribution is -0.134. The second kappa shape index (κ2) is 4.52. The summed E-state index contributed by atoms with van der Waals surface area (Å²) in [7, 11) is -3.83. The number of carboxylic acids is 1. The third kappa shape index (κ3) is 2.59. The van der Waals surface area contributed by atoms with Gasteiger partial charge >= 0.3 is 5.97 Å². The second-order valence-electron chi connectivity index (χ2n) is 4.52. The van der Waals surface area contributed by atoms with E-state index in [0.29, 0.717) is 6.61 Å². The Hall–Kier alpha value is -0.700. The standard InChI is InChI=1S/C9H16N2O5S/c10-7-5-2-1-3-16-9(5)8(7)11-17(14,15)4-6(12)13/h5,7-9,11H,1-4,10H2,(H,12,13). The normalized spacial score (nSPS) is 37.0. The highest BCUT2D eigenvalue weighted by atomic mass is 32.2. The minimum atomic E-state index is -3.83. The van der Waals surface area contributed by atoms with Gasteiger partial charge in [0.05, 0.1) is 12.1 Å². The van der Waals surface area contributed by atoms with E-state index in [1.807, 2.05) is 0 Å². The quantitative estimate of drug-likeness (QED) is 0.568. The van der Waals surface area contributed by atoms with E-state index in [0.717, 1.165) is 12.8 Å². The molecule has 0 amide bonds. The minimum Gasteiger partial charge on any atom is -0.480 e. The van der Waals surface area contributed by atoms with Gasteiger partial charge in [-0.05, 0) is 12.8 Å². The number of ether oxygens (including phenoxy) is 1. The van der Waals surface area contributed by atoms with Crippen molar-refractivity contribution in [3.63, 3.8) is 0 Å². The van der Waals surface area contributed by atoms with Gasteiger partial charge in [-0.25, -0.2) is 13.1 Å². The smallest absolute Gasteiger partial charge is 0.320 e. The highest BCUT2D eigenvalue weighted by Gasteiger charge is 2.51. The van der Waals surface area contributed by atoms with Crippen molar-refractivity contribution >= 4 is 16.0 Å². The topological polar surface area (TPSA) is 119 Å². The molecule has 1 aliphatic heterocycles. The van der Waals surface area contributed by atoms with Gasteiger partial charge in [-0.1, -0.05) is 0 Å². The van der Waals surface area contributed by atoms with Gasteiger partial charge in [0, 0.05) is 18.6 Å². The molecule has 0 spiro atoms. The number of nitrogens with one attached hydrogen (secondary N) is 1. The Kier molecular flexibility index (Phi) is 3.39. The van der Waals surface area contributed by atoms with Crippen LogP contribution in [0.1, 0.15) is 12.8 Å². The van der Waals surface area contributed by atoms with E-state index < -0.39 is 27.8 Å². The number of fused-ring (bicyclic) bond motifs is 1. The molecule has 0 aromatic carbocycles. The molecule has 4 unspecified atom stereocenters. The number of carbonyl (C=O) groups is 1. The predicted molar refractivity (Wildman–Crippen MR) is 58.8 cm³/mol. The summed E-state index contributed by atoms with van der Waals surface area (Å²) >= 11 is 0. The lowest BCUT2D eigenvalue weighted by atomic mass is 9.69. The van der Waals surface area contributed by atoms with Crippen LogP contribution >= 0.6 is 0 Å². The Morgan fingerprint density at radius 2 is 2.24 bits per heavy atom. The molecule has 4 atom stereocenters. The van der Waals surface area contributed by atoms with Crippen LogP contribution in [0.15, 0.2) is 0 Å². The summed E-state index contributed by atoms with van der Waals surface area (Å²) in [6, 6.07) is -0.784. The van der Waals surface area contributed by atoms with E-state index in [9.17, 15) is 13.2 Å². The molecule has 0 aromatic rings. The Morgan fingerprint density at radius 1 is 1.53 bits per heavy atom. The molecule has 7 nitrogen and oxygen atoms in total. The third-order valence-corrected chi connectivity index (χ3v) is 4.56. The first kappa shape index (κ1) is 12.7. The molecule has 1 saturated heterocycles. The Morgan fingerprint density at radius 3 is 2.88 bits per heavy atom. The van der Waals surface area contributed by atoms with Gasteiger partial charge in [0.2, 0.25) is 10.0 Å². The lowest BCUT2D eigenvalue weighted by Gasteiger charge is -2.52. The minimum absolute atomic E-state index is 0.182. The van der Waals surface area contributed by atoms with Crippen molar-refractivity contribution in [2.75, 3.05) is 12.4 Å². The van der Waals surface area contributed by atoms with E-state index >= 15 is 0 Å². The number of hydrogen-bond donors (Lipinski definition) is 3. The highest BCUT2D eigenvalue weighted by Crippen LogP contribution is 2.37. The van der Waals surface area contributed by atoms with Crippen molar-refractivity contribution in [3.05, 3.63) is 0 Å². The van der Waals surface area contributed by atoms with Crippen molar-refractivity contribution in [2.45, 2.75) is 31.0 Å². The first-order valence-electron chi connectivity index (χ1n) is 5.50. The van der Waals surface area contributed by atoms with E-state index in [1.54, 1.807) is 0 Å². The molecule has 1 saturated carbocycles. The molecule has 2 fully saturated rings. The van der Waals surface area contributed by atoms with Crippen LogP contribution in [0.4, 0.5) is 0 Å². The molecule has 2 rings (SSSR count). The largest absolute Gasteiger partial charge is 0.480 e. The third-order valence-electron chi connectivity index (χ3n) is 3.31. The van der Waals surface area contributed by atoms with Gasteiger partial charge in [-0.15, -0.1) is 0 Å². The van der Waals surface area contributed by atoms with Crippen molar-refractivity contribution in [1.29, 1.82) is 0 Å². The SMILES string of the molecule is NC1C2CCCOC2C1NS(=O)(=O)CC(=O)O. The van der Waals surface area contributed by atoms with Gasteiger partial charge in [0.15, 0.2) is 5.75 Å². The maximum Gasteiger partial charge on any atom is 0.320 e. The van der Waals surface area contributed by atoms with Crippen molar-refractivity contribution in [3.8, 4) is 0 Å². The molecule has 98 valence electrons. The zero-order chi connectivity index (χ0) is 12.6. The Labute approximate surface area is 99.4 Å². The van der Waals surface area contributed by atoms with Crippen LogP contribution in [-0.2, 0) is 19.6 Å². The Bertz CT molecular complexity index is 410. The van der Waals surface area contributed by atoms with Crippen LogP contribution in [0.25, 0.3) is 0 Å². The van der Waals surface area contributed by atoms with Gasteiger partial charge in [0.1, 0.15) is 0 Å². The van der Waals surface area contributed by atoms with Crippen LogP contribution < -0.4 is 10.5 Å². The second-order valence-corrected chi connectivity index (χ2v) is 6.27. The molecule has 1 aliphatic carbocycles. The van der Waals surface area contributed by atoms with E-state index in [-0.39, 0.29) is 18.1 Å². The maximum atomic E-state index is 11.5. The summed E-state index contributed by atoms with van der Waals surface area (Å²) in [5.74, 6) is -2.14. The van der Waals surface area contributed by atoms with Crippen LogP contribution in [-0.4, -0.2) is 50.0 Å². The summed E-state index contributed by atoms with van der Waals surface area (Å²) in [5.41, 5.74) is 5.86. The van der Waals surface area contributed by atoms with Crippen LogP contribution in [0.2, 0.25) is 0 Å². The zero-order valence-electron chi connectivity index (χ0n) is 9.20. The monoisotopic (exact) mass is 264 g/mol. The lowest BCUT2D eigenvalue weighted by Crippen LogP contribution is -2.72. The number of sulfonamides is 1. The van der Waals surface area contributed by atoms with Gasteiger partial charge in [-0.2, -0.15) is 0 Å². The van der Waals surface area contributed by atoms with Crippen molar-refractivity contribution in [1.82, 2.24) is 4.72 Å². The molecule has 8 heteroatoms. The molecule has 1 heterocycles. The number of nitrogens with two attached hydrogens (primary N) is 1. The summed E-state index contributed by atoms with van der Waals surface area (Å²) in [6.07, 6.45) is 1.66. The fourth-order valence-electron chi connectivity index (χ4n) is 2.50. The first-order valence-corrected chi connectivity index (χ1v) is 7.15. The maximum absolute atomic E-state index is 11.5. The molecule has 0 radical (unpaired) electrons. The van der Waals surface area contributed by atoms with Crippen LogP contribution in [0, 0.1) is 5.92 Å². The number of aliphatic carboxylic acids is 1. The van der Waals surface area contributed by atoms with E-state index in [4.69, 9.17) is 15.6 Å². The average Bonchev–Trinajstić information content (AvgIpc) is 2.24. The van der Waals surface area contributed by atoms with Gasteiger partial charge < -0.3 is 15.6 Å². The summed E-state index contributed by atoms with van der Waals surface area (Å²) in [6.45, 7) is 0.602. The molecular weight excluding hydrogens is 248 g/mol. The molecule has 17 heavy (non-hydrogen) atoms. The number of carboxylic acid groups (broad SMARTS) is 1. The van der Waals surface area contributed by atoms with Crippen LogP contribution in [0.5, 0.6) is 0 Å². The molecule has 0 aromatic heterocycles. The fourth-order valence-corrected chi connectivity index (χ4v) is 3.62. The van der Waals surface area contributed by atoms with Crippen molar-refractivity contribution < 1.29 is 23.1 Å².